The lowest BCUT2D eigenvalue weighted by atomic mass is 9.91. The maximum Gasteiger partial charge on any atom is 0.330 e. The molecule has 0 spiro atoms. The fourth-order valence-corrected chi connectivity index (χ4v) is 4.32. The Morgan fingerprint density at radius 3 is 2.35 bits per heavy atom. The number of amides is 1. The second kappa shape index (κ2) is 10.6. The number of rotatable bonds is 8. The van der Waals surface area contributed by atoms with E-state index < -0.39 is 29.7 Å². The molecule has 0 bridgehead atoms. The number of aliphatic hydroxyl groups excluding tert-OH is 1. The first-order chi connectivity index (χ1) is 16.4. The zero-order valence-electron chi connectivity index (χ0n) is 19.0. The number of carbonyl (C=O) groups is 1. The highest BCUT2D eigenvalue weighted by Gasteiger charge is 2.35. The Balaban J connectivity index is 1.34. The zero-order valence-corrected chi connectivity index (χ0v) is 19.0. The van der Waals surface area contributed by atoms with Gasteiger partial charge >= 0.3 is 5.69 Å². The molecule has 1 amide bonds. The molecule has 34 heavy (non-hydrogen) atoms. The number of hydrogen-bond donors (Lipinski definition) is 3. The van der Waals surface area contributed by atoms with Crippen molar-refractivity contribution in [3.63, 3.8) is 0 Å². The van der Waals surface area contributed by atoms with E-state index >= 15 is 0 Å². The number of nitrogens with one attached hydrogen (secondary N) is 2. The number of ether oxygens (including phenoxy) is 1. The molecule has 0 radical (unpaired) electrons. The summed E-state index contributed by atoms with van der Waals surface area (Å²) in [6.45, 7) is 2.05. The van der Waals surface area contributed by atoms with Gasteiger partial charge in [0.15, 0.2) is 0 Å². The minimum atomic E-state index is -0.807. The number of aryl methyl sites for hydroxylation is 1. The van der Waals surface area contributed by atoms with E-state index in [0.29, 0.717) is 18.5 Å². The molecule has 3 N–H and O–H groups in total. The molecular weight excluding hydrogens is 434 g/mol. The summed E-state index contributed by atoms with van der Waals surface area (Å²) in [6.07, 6.45) is 0.0773. The summed E-state index contributed by atoms with van der Waals surface area (Å²) >= 11 is 0. The molecular formula is C26H29N3O5. The minimum absolute atomic E-state index is 0.0272. The maximum atomic E-state index is 12.6. The number of aliphatic hydroxyl groups is 1. The van der Waals surface area contributed by atoms with Gasteiger partial charge in [-0.25, -0.2) is 4.79 Å². The molecule has 2 heterocycles. The molecule has 0 aliphatic carbocycles. The lowest BCUT2D eigenvalue weighted by molar-refractivity contribution is -0.122. The zero-order chi connectivity index (χ0) is 24.1. The van der Waals surface area contributed by atoms with Gasteiger partial charge in [-0.3, -0.25) is 19.1 Å². The highest BCUT2D eigenvalue weighted by Crippen LogP contribution is 2.30. The molecule has 4 rings (SSSR count). The average Bonchev–Trinajstić information content (AvgIpc) is 3.21. The molecule has 1 aromatic heterocycles. The molecule has 3 atom stereocenters. The Bertz CT molecular complexity index is 1180. The molecule has 3 aromatic rings. The Kier molecular flexibility index (Phi) is 7.40. The fourth-order valence-electron chi connectivity index (χ4n) is 4.32. The lowest BCUT2D eigenvalue weighted by Gasteiger charge is -2.19. The van der Waals surface area contributed by atoms with Crippen molar-refractivity contribution < 1.29 is 14.6 Å². The van der Waals surface area contributed by atoms with Crippen molar-refractivity contribution in [3.05, 3.63) is 104 Å². The van der Waals surface area contributed by atoms with Crippen molar-refractivity contribution in [2.45, 2.75) is 50.5 Å². The van der Waals surface area contributed by atoms with Gasteiger partial charge in [0.1, 0.15) is 6.23 Å². The molecule has 178 valence electrons. The molecule has 1 saturated heterocycles. The summed E-state index contributed by atoms with van der Waals surface area (Å²) in [4.78, 5) is 38.6. The van der Waals surface area contributed by atoms with Gasteiger partial charge in [0.25, 0.3) is 5.56 Å². The number of benzene rings is 2. The number of carbonyl (C=O) groups excluding carboxylic acids is 1. The van der Waals surface area contributed by atoms with Crippen molar-refractivity contribution in [3.8, 4) is 0 Å². The van der Waals surface area contributed by atoms with Gasteiger partial charge in [-0.15, -0.1) is 0 Å². The van der Waals surface area contributed by atoms with Crippen molar-refractivity contribution in [2.75, 3.05) is 6.54 Å². The van der Waals surface area contributed by atoms with Gasteiger partial charge in [0.2, 0.25) is 5.91 Å². The topological polar surface area (TPSA) is 113 Å². The van der Waals surface area contributed by atoms with Gasteiger partial charge < -0.3 is 15.2 Å². The van der Waals surface area contributed by atoms with E-state index in [4.69, 9.17) is 4.74 Å². The first-order valence-corrected chi connectivity index (χ1v) is 11.4. The Labute approximate surface area is 197 Å². The SMILES string of the molecule is Cc1cn([C@H]2C[C@H](O)[C@@H](CCC(=O)NCC(c3ccccc3)c3ccccc3)O2)c(=O)[nH]c1=O. The molecule has 1 aliphatic rings. The molecule has 0 saturated carbocycles. The van der Waals surface area contributed by atoms with Crippen LogP contribution in [0.3, 0.4) is 0 Å². The van der Waals surface area contributed by atoms with Crippen molar-refractivity contribution >= 4 is 5.91 Å². The second-order valence-electron chi connectivity index (χ2n) is 8.63. The van der Waals surface area contributed by atoms with Crippen LogP contribution >= 0.6 is 0 Å². The van der Waals surface area contributed by atoms with E-state index in [1.54, 1.807) is 6.92 Å². The van der Waals surface area contributed by atoms with Gasteiger partial charge in [-0.2, -0.15) is 0 Å². The predicted octanol–water partition coefficient (Wildman–Crippen LogP) is 2.22. The van der Waals surface area contributed by atoms with E-state index in [2.05, 4.69) is 10.3 Å². The van der Waals surface area contributed by atoms with Crippen LogP contribution in [0.5, 0.6) is 0 Å². The van der Waals surface area contributed by atoms with Crippen LogP contribution in [0, 0.1) is 6.92 Å². The number of aromatic nitrogens is 2. The van der Waals surface area contributed by atoms with E-state index in [9.17, 15) is 19.5 Å². The number of nitrogens with zero attached hydrogens (tertiary/aromatic N) is 1. The molecule has 0 unspecified atom stereocenters. The summed E-state index contributed by atoms with van der Waals surface area (Å²) in [5, 5.41) is 13.4. The van der Waals surface area contributed by atoms with Crippen LogP contribution in [-0.4, -0.2) is 39.3 Å². The highest BCUT2D eigenvalue weighted by atomic mass is 16.5. The van der Waals surface area contributed by atoms with Crippen molar-refractivity contribution in [2.24, 2.45) is 0 Å². The van der Waals surface area contributed by atoms with Gasteiger partial charge in [0.05, 0.1) is 12.2 Å². The van der Waals surface area contributed by atoms with Crippen LogP contribution in [0.1, 0.15) is 48.1 Å². The average molecular weight is 464 g/mol. The summed E-state index contributed by atoms with van der Waals surface area (Å²) in [7, 11) is 0. The quantitative estimate of drug-likeness (QED) is 0.474. The summed E-state index contributed by atoms with van der Waals surface area (Å²) in [6, 6.07) is 20.1. The first-order valence-electron chi connectivity index (χ1n) is 11.4. The van der Waals surface area contributed by atoms with Crippen LogP contribution in [0.4, 0.5) is 0 Å². The smallest absolute Gasteiger partial charge is 0.330 e. The van der Waals surface area contributed by atoms with Crippen LogP contribution in [-0.2, 0) is 9.53 Å². The normalized spacial score (nSPS) is 19.9. The predicted molar refractivity (Wildman–Crippen MR) is 128 cm³/mol. The van der Waals surface area contributed by atoms with Gasteiger partial charge in [0, 0.05) is 37.1 Å². The molecule has 8 nitrogen and oxygen atoms in total. The monoisotopic (exact) mass is 463 g/mol. The molecule has 8 heteroatoms. The standard InChI is InChI=1S/C26H29N3O5/c1-17-16-29(26(33)28-25(17)32)24-14-21(30)22(34-24)12-13-23(31)27-15-20(18-8-4-2-5-9-18)19-10-6-3-7-11-19/h2-11,16,20-22,24,30H,12-15H2,1H3,(H,27,31)(H,28,32,33)/t21-,22+,24+/m0/s1. The van der Waals surface area contributed by atoms with E-state index in [1.807, 2.05) is 60.7 Å². The van der Waals surface area contributed by atoms with E-state index in [1.165, 1.54) is 10.8 Å². The largest absolute Gasteiger partial charge is 0.390 e. The third-order valence-corrected chi connectivity index (χ3v) is 6.22. The third kappa shape index (κ3) is 5.52. The third-order valence-electron chi connectivity index (χ3n) is 6.22. The Morgan fingerprint density at radius 1 is 1.12 bits per heavy atom. The number of hydrogen-bond acceptors (Lipinski definition) is 5. The Morgan fingerprint density at radius 2 is 1.74 bits per heavy atom. The lowest BCUT2D eigenvalue weighted by Crippen LogP contribution is -2.33. The summed E-state index contributed by atoms with van der Waals surface area (Å²) in [5.74, 6) is -0.104. The van der Waals surface area contributed by atoms with E-state index in [0.717, 1.165) is 11.1 Å². The fraction of sp³-hybridized carbons (Fsp3) is 0.346. The van der Waals surface area contributed by atoms with Crippen molar-refractivity contribution in [1.82, 2.24) is 14.9 Å². The number of aromatic amines is 1. The first kappa shape index (κ1) is 23.7. The minimum Gasteiger partial charge on any atom is -0.390 e. The molecule has 2 aromatic carbocycles. The Hall–Kier alpha value is -3.49. The molecule has 1 fully saturated rings. The van der Waals surface area contributed by atoms with Crippen LogP contribution in [0.15, 0.2) is 76.4 Å². The van der Waals surface area contributed by atoms with Gasteiger partial charge in [-0.1, -0.05) is 60.7 Å². The number of H-pyrrole nitrogens is 1. The van der Waals surface area contributed by atoms with Crippen molar-refractivity contribution in [1.29, 1.82) is 0 Å². The summed E-state index contributed by atoms with van der Waals surface area (Å²) < 4.78 is 7.14. The van der Waals surface area contributed by atoms with Gasteiger partial charge in [-0.05, 0) is 24.5 Å². The second-order valence-corrected chi connectivity index (χ2v) is 8.63. The van der Waals surface area contributed by atoms with Crippen LogP contribution < -0.4 is 16.6 Å². The van der Waals surface area contributed by atoms with Crippen LogP contribution in [0.25, 0.3) is 0 Å². The van der Waals surface area contributed by atoms with Crippen LogP contribution in [0.2, 0.25) is 0 Å². The maximum absolute atomic E-state index is 12.6. The highest BCUT2D eigenvalue weighted by molar-refractivity contribution is 5.76. The summed E-state index contributed by atoms with van der Waals surface area (Å²) in [5.41, 5.74) is 1.59. The van der Waals surface area contributed by atoms with E-state index in [-0.39, 0.29) is 24.7 Å². The molecule has 1 aliphatic heterocycles.